The number of carbonyl (C=O) groups excluding carboxylic acids is 3. The second-order valence-corrected chi connectivity index (χ2v) is 9.82. The fraction of sp³-hybridized carbons (Fsp3) is 0.250. The van der Waals surface area contributed by atoms with Gasteiger partial charge in [0.1, 0.15) is 5.60 Å². The molecule has 8 heteroatoms. The van der Waals surface area contributed by atoms with Gasteiger partial charge in [0.2, 0.25) is 0 Å². The second kappa shape index (κ2) is 9.03. The number of fused-ring (bicyclic) bond motifs is 2. The number of hydrogen-bond donors (Lipinski definition) is 3. The van der Waals surface area contributed by atoms with Gasteiger partial charge in [-0.15, -0.1) is 0 Å². The van der Waals surface area contributed by atoms with Crippen molar-refractivity contribution in [3.63, 3.8) is 0 Å². The first-order chi connectivity index (χ1) is 17.2. The maximum atomic E-state index is 13.1. The number of rotatable bonds is 6. The van der Waals surface area contributed by atoms with Gasteiger partial charge in [-0.25, -0.2) is 4.79 Å². The molecule has 8 nitrogen and oxygen atoms in total. The molecule has 3 N–H and O–H groups in total. The van der Waals surface area contributed by atoms with Gasteiger partial charge in [0.05, 0.1) is 11.1 Å². The molecule has 0 bridgehead atoms. The van der Waals surface area contributed by atoms with Crippen LogP contribution < -0.4 is 10.6 Å². The predicted molar refractivity (Wildman–Crippen MR) is 139 cm³/mol. The van der Waals surface area contributed by atoms with E-state index in [0.717, 1.165) is 21.8 Å². The molecule has 0 aliphatic carbocycles. The molecule has 5 rings (SSSR count). The van der Waals surface area contributed by atoms with Crippen LogP contribution in [-0.4, -0.2) is 39.6 Å². The molecule has 0 saturated heterocycles. The van der Waals surface area contributed by atoms with Crippen LogP contribution in [0, 0.1) is 0 Å². The van der Waals surface area contributed by atoms with E-state index < -0.39 is 23.5 Å². The van der Waals surface area contributed by atoms with Gasteiger partial charge in [-0.1, -0.05) is 36.4 Å². The summed E-state index contributed by atoms with van der Waals surface area (Å²) >= 11 is 0. The summed E-state index contributed by atoms with van der Waals surface area (Å²) in [5, 5.41) is 7.03. The SMILES string of the molecule is CC(C)(C)OC(=O)NCCCn1cc(C2=C(c3c[nH]c4ccccc34)C(=O)NC2=O)c2ccccc21. The number of ether oxygens (including phenoxy) is 1. The van der Waals surface area contributed by atoms with Gasteiger partial charge >= 0.3 is 6.09 Å². The molecule has 0 spiro atoms. The van der Waals surface area contributed by atoms with E-state index in [1.165, 1.54) is 0 Å². The Morgan fingerprint density at radius 1 is 0.944 bits per heavy atom. The fourth-order valence-corrected chi connectivity index (χ4v) is 4.63. The van der Waals surface area contributed by atoms with Crippen LogP contribution in [0.5, 0.6) is 0 Å². The molecule has 4 aromatic rings. The fourth-order valence-electron chi connectivity index (χ4n) is 4.63. The highest BCUT2D eigenvalue weighted by Crippen LogP contribution is 2.38. The topological polar surface area (TPSA) is 105 Å². The summed E-state index contributed by atoms with van der Waals surface area (Å²) in [5.74, 6) is -0.812. The molecule has 2 aromatic heterocycles. The third-order valence-corrected chi connectivity index (χ3v) is 6.09. The van der Waals surface area contributed by atoms with Crippen LogP contribution in [0.3, 0.4) is 0 Å². The normalized spacial score (nSPS) is 14.1. The van der Waals surface area contributed by atoms with Crippen LogP contribution in [0.15, 0.2) is 60.9 Å². The van der Waals surface area contributed by atoms with Crippen LogP contribution >= 0.6 is 0 Å². The van der Waals surface area contributed by atoms with Gasteiger partial charge in [0, 0.05) is 58.4 Å². The maximum absolute atomic E-state index is 13.1. The zero-order chi connectivity index (χ0) is 25.4. The number of imide groups is 1. The molecule has 0 unspecified atom stereocenters. The molecule has 0 atom stereocenters. The lowest BCUT2D eigenvalue weighted by molar-refractivity contribution is -0.122. The minimum atomic E-state index is -0.550. The van der Waals surface area contributed by atoms with Crippen LogP contribution in [0.25, 0.3) is 33.0 Å². The lowest BCUT2D eigenvalue weighted by Crippen LogP contribution is -2.33. The minimum absolute atomic E-state index is 0.367. The minimum Gasteiger partial charge on any atom is -0.444 e. The van der Waals surface area contributed by atoms with Gasteiger partial charge in [-0.2, -0.15) is 0 Å². The maximum Gasteiger partial charge on any atom is 0.407 e. The van der Waals surface area contributed by atoms with Crippen molar-refractivity contribution in [2.45, 2.75) is 39.3 Å². The third kappa shape index (κ3) is 4.37. The Hall–Kier alpha value is -4.33. The zero-order valence-electron chi connectivity index (χ0n) is 20.5. The van der Waals surface area contributed by atoms with Crippen LogP contribution in [-0.2, 0) is 20.9 Å². The van der Waals surface area contributed by atoms with Crippen molar-refractivity contribution in [2.24, 2.45) is 0 Å². The van der Waals surface area contributed by atoms with Crippen molar-refractivity contribution in [2.75, 3.05) is 6.54 Å². The zero-order valence-corrected chi connectivity index (χ0v) is 20.5. The van der Waals surface area contributed by atoms with E-state index in [4.69, 9.17) is 4.74 Å². The monoisotopic (exact) mass is 484 g/mol. The Kier molecular flexibility index (Phi) is 5.88. The predicted octanol–water partition coefficient (Wildman–Crippen LogP) is 4.60. The average Bonchev–Trinajstić information content (AvgIpc) is 3.48. The number of nitrogens with zero attached hydrogens (tertiary/aromatic N) is 1. The first-order valence-electron chi connectivity index (χ1n) is 11.9. The Labute approximate surface area is 208 Å². The summed E-state index contributed by atoms with van der Waals surface area (Å²) in [7, 11) is 0. The smallest absolute Gasteiger partial charge is 0.407 e. The Balaban J connectivity index is 1.49. The van der Waals surface area contributed by atoms with E-state index in [-0.39, 0.29) is 0 Å². The lowest BCUT2D eigenvalue weighted by atomic mass is 9.95. The number of nitrogens with one attached hydrogen (secondary N) is 3. The number of aryl methyl sites for hydroxylation is 1. The molecule has 0 saturated carbocycles. The summed E-state index contributed by atoms with van der Waals surface area (Å²) in [6.45, 7) is 6.52. The Morgan fingerprint density at radius 2 is 1.61 bits per heavy atom. The number of H-pyrrole nitrogens is 1. The van der Waals surface area contributed by atoms with Gasteiger partial charge in [-0.05, 0) is 39.3 Å². The van der Waals surface area contributed by atoms with Crippen molar-refractivity contribution < 1.29 is 19.1 Å². The molecule has 3 amide bonds. The summed E-state index contributed by atoms with van der Waals surface area (Å²) in [4.78, 5) is 41.2. The van der Waals surface area contributed by atoms with Crippen LogP contribution in [0.2, 0.25) is 0 Å². The number of benzene rings is 2. The Bertz CT molecular complexity index is 1530. The molecule has 1 aliphatic heterocycles. The number of alkyl carbamates (subject to hydrolysis) is 1. The average molecular weight is 485 g/mol. The molecule has 0 radical (unpaired) electrons. The first kappa shape index (κ1) is 23.4. The van der Waals surface area contributed by atoms with E-state index in [0.29, 0.717) is 41.8 Å². The van der Waals surface area contributed by atoms with E-state index in [1.54, 1.807) is 6.20 Å². The molecule has 3 heterocycles. The number of carbonyl (C=O) groups is 3. The molecule has 36 heavy (non-hydrogen) atoms. The summed E-state index contributed by atoms with van der Waals surface area (Å²) in [5.41, 5.74) is 3.43. The number of para-hydroxylation sites is 2. The van der Waals surface area contributed by atoms with E-state index >= 15 is 0 Å². The summed E-state index contributed by atoms with van der Waals surface area (Å²) in [6, 6.07) is 15.5. The summed E-state index contributed by atoms with van der Waals surface area (Å²) < 4.78 is 7.34. The summed E-state index contributed by atoms with van der Waals surface area (Å²) in [6.07, 6.45) is 3.91. The first-order valence-corrected chi connectivity index (χ1v) is 11.9. The highest BCUT2D eigenvalue weighted by molar-refractivity contribution is 6.50. The largest absolute Gasteiger partial charge is 0.444 e. The van der Waals surface area contributed by atoms with Crippen LogP contribution in [0.4, 0.5) is 4.79 Å². The van der Waals surface area contributed by atoms with Crippen molar-refractivity contribution in [3.8, 4) is 0 Å². The van der Waals surface area contributed by atoms with Gasteiger partial charge in [-0.3, -0.25) is 14.9 Å². The molecule has 1 aliphatic rings. The molecular weight excluding hydrogens is 456 g/mol. The molecule has 184 valence electrons. The van der Waals surface area contributed by atoms with Gasteiger partial charge < -0.3 is 19.6 Å². The number of aromatic nitrogens is 2. The highest BCUT2D eigenvalue weighted by Gasteiger charge is 2.35. The molecule has 2 aromatic carbocycles. The third-order valence-electron chi connectivity index (χ3n) is 6.09. The van der Waals surface area contributed by atoms with E-state index in [1.807, 2.05) is 75.5 Å². The molecule has 0 fully saturated rings. The van der Waals surface area contributed by atoms with Crippen molar-refractivity contribution in [3.05, 3.63) is 72.1 Å². The van der Waals surface area contributed by atoms with Crippen LogP contribution in [0.1, 0.15) is 38.3 Å². The van der Waals surface area contributed by atoms with E-state index in [9.17, 15) is 14.4 Å². The quantitative estimate of drug-likeness (QED) is 0.275. The highest BCUT2D eigenvalue weighted by atomic mass is 16.6. The standard InChI is InChI=1S/C28H28N4O4/c1-28(2,3)36-27(35)29-13-8-14-32-16-20(18-10-5-7-12-22(18)32)24-23(25(33)31-26(24)34)19-15-30-21-11-6-4-9-17(19)21/h4-7,9-12,15-16,30H,8,13-14H2,1-3H3,(H,29,35)(H,31,33,34). The number of hydrogen-bond acceptors (Lipinski definition) is 4. The van der Waals surface area contributed by atoms with Gasteiger partial charge in [0.15, 0.2) is 0 Å². The van der Waals surface area contributed by atoms with Crippen molar-refractivity contribution in [1.29, 1.82) is 0 Å². The second-order valence-electron chi connectivity index (χ2n) is 9.82. The van der Waals surface area contributed by atoms with E-state index in [2.05, 4.69) is 20.2 Å². The van der Waals surface area contributed by atoms with Gasteiger partial charge in [0.25, 0.3) is 11.8 Å². The Morgan fingerprint density at radius 3 is 2.36 bits per heavy atom. The molecular formula is C28H28N4O4. The van der Waals surface area contributed by atoms with Crippen molar-refractivity contribution in [1.82, 2.24) is 20.2 Å². The number of aromatic amines is 1. The number of amides is 3. The van der Waals surface area contributed by atoms with Crippen molar-refractivity contribution >= 4 is 50.9 Å². The lowest BCUT2D eigenvalue weighted by Gasteiger charge is -2.19.